The fourth-order valence-electron chi connectivity index (χ4n) is 3.42. The molecule has 2 nitrogen and oxygen atoms in total. The molecule has 0 aromatic heterocycles. The van der Waals surface area contributed by atoms with Gasteiger partial charge in [0.15, 0.2) is 0 Å². The predicted molar refractivity (Wildman–Crippen MR) is 96.4 cm³/mol. The molecule has 0 amide bonds. The molecule has 3 heteroatoms. The average molecular weight is 369 g/mol. The van der Waals surface area contributed by atoms with Crippen molar-refractivity contribution in [2.45, 2.75) is 18.9 Å². The molecule has 116 valence electrons. The van der Waals surface area contributed by atoms with Gasteiger partial charge in [0.25, 0.3) is 0 Å². The molecule has 0 spiro atoms. The molecule has 0 radical (unpaired) electrons. The Hall–Kier alpha value is -2.00. The zero-order valence-electron chi connectivity index (χ0n) is 13.0. The van der Waals surface area contributed by atoms with Crippen LogP contribution in [0.15, 0.2) is 59.1 Å². The van der Waals surface area contributed by atoms with Crippen LogP contribution in [0.4, 0.5) is 0 Å². The molecule has 3 aromatic rings. The minimum absolute atomic E-state index is 0.0464. The summed E-state index contributed by atoms with van der Waals surface area (Å²) in [6, 6.07) is 18.8. The Morgan fingerprint density at radius 2 is 1.78 bits per heavy atom. The molecule has 1 aliphatic heterocycles. The van der Waals surface area contributed by atoms with Crippen LogP contribution in [0.25, 0.3) is 10.8 Å². The summed E-state index contributed by atoms with van der Waals surface area (Å²) in [7, 11) is 1.68. The second-order valence-electron chi connectivity index (χ2n) is 5.94. The molecule has 1 aliphatic rings. The lowest BCUT2D eigenvalue weighted by molar-refractivity contribution is 0.216. The van der Waals surface area contributed by atoms with Gasteiger partial charge in [0.2, 0.25) is 0 Å². The minimum Gasteiger partial charge on any atom is -0.497 e. The first-order valence-electron chi connectivity index (χ1n) is 7.70. The maximum atomic E-state index is 6.26. The van der Waals surface area contributed by atoms with E-state index in [1.165, 1.54) is 21.9 Å². The smallest absolute Gasteiger partial charge is 0.130 e. The molecule has 4 rings (SSSR count). The highest BCUT2D eigenvalue weighted by molar-refractivity contribution is 9.10. The van der Waals surface area contributed by atoms with E-state index in [-0.39, 0.29) is 6.10 Å². The molecular formula is C20H17BrO2. The van der Waals surface area contributed by atoms with Crippen molar-refractivity contribution in [1.82, 2.24) is 0 Å². The Morgan fingerprint density at radius 3 is 2.52 bits per heavy atom. The highest BCUT2D eigenvalue weighted by atomic mass is 79.9. The maximum Gasteiger partial charge on any atom is 0.130 e. The first-order valence-corrected chi connectivity index (χ1v) is 8.49. The van der Waals surface area contributed by atoms with Gasteiger partial charge in [0.1, 0.15) is 17.6 Å². The molecule has 0 saturated carbocycles. The Kier molecular flexibility index (Phi) is 3.53. The van der Waals surface area contributed by atoms with Crippen LogP contribution < -0.4 is 9.47 Å². The van der Waals surface area contributed by atoms with Crippen molar-refractivity contribution in [3.8, 4) is 11.5 Å². The van der Waals surface area contributed by atoms with E-state index in [9.17, 15) is 0 Å². The largest absolute Gasteiger partial charge is 0.497 e. The fourth-order valence-corrected chi connectivity index (χ4v) is 3.80. The summed E-state index contributed by atoms with van der Waals surface area (Å²) < 4.78 is 12.6. The SMILES string of the molecule is COc1ccc([C@@H]2Oc3ccc4cc(Br)ccc4c3[C@H]2C)cc1. The van der Waals surface area contributed by atoms with E-state index in [1.807, 2.05) is 12.1 Å². The van der Waals surface area contributed by atoms with Crippen LogP contribution in [-0.2, 0) is 0 Å². The number of fused-ring (bicyclic) bond motifs is 3. The van der Waals surface area contributed by atoms with E-state index in [1.54, 1.807) is 7.11 Å². The summed E-state index contributed by atoms with van der Waals surface area (Å²) in [6.07, 6.45) is 0.0464. The van der Waals surface area contributed by atoms with Gasteiger partial charge in [-0.15, -0.1) is 0 Å². The number of halogens is 1. The lowest BCUT2D eigenvalue weighted by atomic mass is 9.89. The van der Waals surface area contributed by atoms with E-state index in [2.05, 4.69) is 65.3 Å². The molecule has 0 aliphatic carbocycles. The van der Waals surface area contributed by atoms with Gasteiger partial charge in [0.05, 0.1) is 7.11 Å². The standard InChI is InChI=1S/C20H17BrO2/c1-12-19-17-9-6-15(21)11-14(17)5-10-18(19)23-20(12)13-3-7-16(22-2)8-4-13/h3-12,20H,1-2H3/t12-,20-/m1/s1. The lowest BCUT2D eigenvalue weighted by Crippen LogP contribution is -2.07. The average Bonchev–Trinajstić information content (AvgIpc) is 2.92. The van der Waals surface area contributed by atoms with Gasteiger partial charge in [-0.3, -0.25) is 0 Å². The van der Waals surface area contributed by atoms with Crippen LogP contribution in [0.2, 0.25) is 0 Å². The Labute approximate surface area is 144 Å². The fraction of sp³-hybridized carbons (Fsp3) is 0.200. The highest BCUT2D eigenvalue weighted by Gasteiger charge is 2.33. The van der Waals surface area contributed by atoms with E-state index < -0.39 is 0 Å². The third-order valence-electron chi connectivity index (χ3n) is 4.59. The van der Waals surface area contributed by atoms with Gasteiger partial charge in [-0.1, -0.05) is 47.1 Å². The minimum atomic E-state index is 0.0464. The number of ether oxygens (including phenoxy) is 2. The third kappa shape index (κ3) is 2.40. The molecular weight excluding hydrogens is 352 g/mol. The summed E-state index contributed by atoms with van der Waals surface area (Å²) in [6.45, 7) is 2.24. The summed E-state index contributed by atoms with van der Waals surface area (Å²) in [5.41, 5.74) is 2.48. The van der Waals surface area contributed by atoms with Crippen molar-refractivity contribution in [2.75, 3.05) is 7.11 Å². The van der Waals surface area contributed by atoms with E-state index in [0.717, 1.165) is 16.0 Å². The molecule has 2 atom stereocenters. The first kappa shape index (κ1) is 14.6. The maximum absolute atomic E-state index is 6.26. The van der Waals surface area contributed by atoms with E-state index >= 15 is 0 Å². The molecule has 0 unspecified atom stereocenters. The van der Waals surface area contributed by atoms with Crippen molar-refractivity contribution >= 4 is 26.7 Å². The van der Waals surface area contributed by atoms with Gasteiger partial charge in [-0.05, 0) is 46.7 Å². The zero-order valence-corrected chi connectivity index (χ0v) is 14.6. The van der Waals surface area contributed by atoms with Crippen LogP contribution in [0.1, 0.15) is 30.1 Å². The van der Waals surface area contributed by atoms with Crippen LogP contribution >= 0.6 is 15.9 Å². The van der Waals surface area contributed by atoms with Gasteiger partial charge < -0.3 is 9.47 Å². The number of benzene rings is 3. The van der Waals surface area contributed by atoms with Crippen molar-refractivity contribution in [3.63, 3.8) is 0 Å². The Balaban J connectivity index is 1.77. The molecule has 0 bridgehead atoms. The van der Waals surface area contributed by atoms with Gasteiger partial charge in [-0.25, -0.2) is 0 Å². The zero-order chi connectivity index (χ0) is 16.0. The number of hydrogen-bond acceptors (Lipinski definition) is 2. The molecule has 1 heterocycles. The summed E-state index contributed by atoms with van der Waals surface area (Å²) in [4.78, 5) is 0. The van der Waals surface area contributed by atoms with E-state index in [4.69, 9.17) is 9.47 Å². The second-order valence-corrected chi connectivity index (χ2v) is 6.86. The third-order valence-corrected chi connectivity index (χ3v) is 5.08. The Morgan fingerprint density at radius 1 is 1.00 bits per heavy atom. The van der Waals surface area contributed by atoms with Crippen LogP contribution in [0.3, 0.4) is 0 Å². The summed E-state index contributed by atoms with van der Waals surface area (Å²) in [5, 5.41) is 2.51. The van der Waals surface area contributed by atoms with Crippen molar-refractivity contribution < 1.29 is 9.47 Å². The predicted octanol–water partition coefficient (Wildman–Crippen LogP) is 5.85. The number of methoxy groups -OCH3 is 1. The lowest BCUT2D eigenvalue weighted by Gasteiger charge is -2.16. The van der Waals surface area contributed by atoms with Gasteiger partial charge in [0, 0.05) is 16.0 Å². The molecule has 0 saturated heterocycles. The number of hydrogen-bond donors (Lipinski definition) is 0. The van der Waals surface area contributed by atoms with Gasteiger partial charge in [-0.2, -0.15) is 0 Å². The highest BCUT2D eigenvalue weighted by Crippen LogP contribution is 2.49. The molecule has 0 fully saturated rings. The van der Waals surface area contributed by atoms with E-state index in [0.29, 0.717) is 5.92 Å². The molecule has 0 N–H and O–H groups in total. The second kappa shape index (κ2) is 5.57. The molecule has 23 heavy (non-hydrogen) atoms. The van der Waals surface area contributed by atoms with Crippen molar-refractivity contribution in [1.29, 1.82) is 0 Å². The number of rotatable bonds is 2. The van der Waals surface area contributed by atoms with Crippen molar-refractivity contribution in [3.05, 3.63) is 70.2 Å². The van der Waals surface area contributed by atoms with Crippen LogP contribution in [0, 0.1) is 0 Å². The normalized spacial score (nSPS) is 19.4. The summed E-state index contributed by atoms with van der Waals surface area (Å²) in [5.74, 6) is 2.17. The van der Waals surface area contributed by atoms with Crippen molar-refractivity contribution in [2.24, 2.45) is 0 Å². The van der Waals surface area contributed by atoms with Gasteiger partial charge >= 0.3 is 0 Å². The molecule has 3 aromatic carbocycles. The first-order chi connectivity index (χ1) is 11.2. The van der Waals surface area contributed by atoms with Crippen LogP contribution in [0.5, 0.6) is 11.5 Å². The topological polar surface area (TPSA) is 18.5 Å². The van der Waals surface area contributed by atoms with Crippen LogP contribution in [-0.4, -0.2) is 7.11 Å². The quantitative estimate of drug-likeness (QED) is 0.564. The monoisotopic (exact) mass is 368 g/mol. The summed E-state index contributed by atoms with van der Waals surface area (Å²) >= 11 is 3.55. The Bertz CT molecular complexity index is 871.